The lowest BCUT2D eigenvalue weighted by molar-refractivity contribution is -0.124. The van der Waals surface area contributed by atoms with Crippen molar-refractivity contribution >= 4 is 5.78 Å². The number of piperidine rings is 1. The van der Waals surface area contributed by atoms with Gasteiger partial charge in [0.05, 0.1) is 7.11 Å². The number of likely N-dealkylation sites (tertiary alicyclic amines) is 1. The number of ketones is 1. The van der Waals surface area contributed by atoms with Crippen molar-refractivity contribution in [2.24, 2.45) is 11.3 Å². The summed E-state index contributed by atoms with van der Waals surface area (Å²) < 4.78 is 5.52. The minimum Gasteiger partial charge on any atom is -0.497 e. The topological polar surface area (TPSA) is 29.5 Å². The van der Waals surface area contributed by atoms with E-state index in [0.717, 1.165) is 31.6 Å². The van der Waals surface area contributed by atoms with Crippen LogP contribution in [-0.4, -0.2) is 37.4 Å². The van der Waals surface area contributed by atoms with Crippen molar-refractivity contribution in [1.29, 1.82) is 0 Å². The molecule has 0 spiro atoms. The normalized spacial score (nSPS) is 31.7. The van der Waals surface area contributed by atoms with Gasteiger partial charge in [0, 0.05) is 23.8 Å². The molecular formula is C22H33NO2. The maximum atomic E-state index is 12.3. The van der Waals surface area contributed by atoms with Crippen molar-refractivity contribution in [3.05, 3.63) is 29.3 Å². The summed E-state index contributed by atoms with van der Waals surface area (Å²) in [5.74, 6) is 1.46. The number of benzene rings is 1. The van der Waals surface area contributed by atoms with Crippen LogP contribution < -0.4 is 4.74 Å². The van der Waals surface area contributed by atoms with E-state index in [-0.39, 0.29) is 16.7 Å². The second kappa shape index (κ2) is 6.42. The number of hydrogen-bond acceptors (Lipinski definition) is 3. The third-order valence-electron chi connectivity index (χ3n) is 7.35. The Bertz CT molecular complexity index is 668. The second-order valence-corrected chi connectivity index (χ2v) is 8.84. The van der Waals surface area contributed by atoms with Crippen molar-refractivity contribution in [2.45, 2.75) is 64.8 Å². The van der Waals surface area contributed by atoms with Crippen LogP contribution >= 0.6 is 0 Å². The lowest BCUT2D eigenvalue weighted by Gasteiger charge is -2.62. The van der Waals surface area contributed by atoms with Crippen molar-refractivity contribution in [2.75, 3.05) is 20.7 Å². The maximum absolute atomic E-state index is 12.3. The van der Waals surface area contributed by atoms with Crippen LogP contribution in [0.15, 0.2) is 18.2 Å². The largest absolute Gasteiger partial charge is 0.497 e. The Balaban J connectivity index is 2.03. The van der Waals surface area contributed by atoms with Gasteiger partial charge in [0.1, 0.15) is 11.5 Å². The summed E-state index contributed by atoms with van der Waals surface area (Å²) >= 11 is 0. The fraction of sp³-hybridized carbons (Fsp3) is 0.682. The fourth-order valence-electron chi connectivity index (χ4n) is 5.22. The molecule has 3 atom stereocenters. The number of fused-ring (bicyclic) bond motifs is 4. The summed E-state index contributed by atoms with van der Waals surface area (Å²) in [4.78, 5) is 14.9. The number of ether oxygens (including phenoxy) is 1. The Morgan fingerprint density at radius 1 is 1.36 bits per heavy atom. The Morgan fingerprint density at radius 2 is 2.08 bits per heavy atom. The molecule has 138 valence electrons. The molecule has 0 N–H and O–H groups in total. The summed E-state index contributed by atoms with van der Waals surface area (Å²) in [5, 5.41) is 0. The van der Waals surface area contributed by atoms with Gasteiger partial charge in [0.25, 0.3) is 0 Å². The van der Waals surface area contributed by atoms with E-state index >= 15 is 0 Å². The fourth-order valence-corrected chi connectivity index (χ4v) is 5.22. The molecule has 1 aromatic rings. The number of methoxy groups -OCH3 is 1. The molecule has 2 bridgehead atoms. The van der Waals surface area contributed by atoms with E-state index in [1.54, 1.807) is 7.11 Å². The van der Waals surface area contributed by atoms with Crippen LogP contribution in [0.25, 0.3) is 0 Å². The van der Waals surface area contributed by atoms with E-state index in [9.17, 15) is 4.79 Å². The van der Waals surface area contributed by atoms with Gasteiger partial charge in [-0.25, -0.2) is 0 Å². The van der Waals surface area contributed by atoms with Gasteiger partial charge in [-0.1, -0.05) is 33.8 Å². The zero-order chi connectivity index (χ0) is 18.4. The quantitative estimate of drug-likeness (QED) is 0.801. The molecule has 1 aliphatic carbocycles. The van der Waals surface area contributed by atoms with Crippen LogP contribution in [-0.2, 0) is 16.6 Å². The number of likely N-dealkylation sites (N-methyl/N-ethyl adjacent to an activating group) is 1. The molecule has 0 radical (unpaired) electrons. The van der Waals surface area contributed by atoms with E-state index in [4.69, 9.17) is 4.74 Å². The molecule has 3 heteroatoms. The molecule has 25 heavy (non-hydrogen) atoms. The summed E-state index contributed by atoms with van der Waals surface area (Å²) in [6.45, 7) is 9.99. The van der Waals surface area contributed by atoms with E-state index < -0.39 is 0 Å². The molecule has 1 aromatic carbocycles. The molecular weight excluding hydrogens is 310 g/mol. The predicted octanol–water partition coefficient (Wildman–Crippen LogP) is 4.22. The van der Waals surface area contributed by atoms with E-state index in [1.807, 2.05) is 13.8 Å². The number of hydrogen-bond donors (Lipinski definition) is 0. The van der Waals surface area contributed by atoms with Crippen LogP contribution in [0.4, 0.5) is 0 Å². The monoisotopic (exact) mass is 343 g/mol. The van der Waals surface area contributed by atoms with Crippen LogP contribution in [0.3, 0.4) is 0 Å². The first kappa shape index (κ1) is 18.4. The van der Waals surface area contributed by atoms with Crippen molar-refractivity contribution < 1.29 is 9.53 Å². The Hall–Kier alpha value is -1.35. The van der Waals surface area contributed by atoms with Gasteiger partial charge in [0.2, 0.25) is 0 Å². The summed E-state index contributed by atoms with van der Waals surface area (Å²) in [5.41, 5.74) is 3.08. The molecule has 1 heterocycles. The number of Topliss-reactive ketones (excluding diaryl/α,β-unsaturated/α-hetero) is 1. The number of carbonyl (C=O) groups excluding carboxylic acids is 1. The minimum atomic E-state index is 0.0869. The van der Waals surface area contributed by atoms with Gasteiger partial charge in [0.15, 0.2) is 0 Å². The molecule has 3 rings (SSSR count). The molecule has 0 amide bonds. The van der Waals surface area contributed by atoms with Crippen LogP contribution in [0, 0.1) is 11.3 Å². The number of nitrogens with zero attached hydrogens (tertiary/aromatic N) is 1. The number of rotatable bonds is 5. The van der Waals surface area contributed by atoms with E-state index in [1.165, 1.54) is 11.1 Å². The van der Waals surface area contributed by atoms with Gasteiger partial charge in [-0.15, -0.1) is 0 Å². The van der Waals surface area contributed by atoms with Crippen molar-refractivity contribution in [1.82, 2.24) is 4.90 Å². The zero-order valence-corrected chi connectivity index (χ0v) is 16.7. The highest BCUT2D eigenvalue weighted by molar-refractivity contribution is 5.80. The molecule has 2 aliphatic rings. The van der Waals surface area contributed by atoms with Gasteiger partial charge >= 0.3 is 0 Å². The summed E-state index contributed by atoms with van der Waals surface area (Å²) in [6.07, 6.45) is 3.85. The molecule has 1 aliphatic heterocycles. The first-order chi connectivity index (χ1) is 11.7. The average Bonchev–Trinajstić information content (AvgIpc) is 2.59. The van der Waals surface area contributed by atoms with Crippen molar-refractivity contribution in [3.8, 4) is 5.75 Å². The lowest BCUT2D eigenvalue weighted by atomic mass is 9.49. The highest BCUT2D eigenvalue weighted by Crippen LogP contribution is 2.58. The van der Waals surface area contributed by atoms with Crippen LogP contribution in [0.2, 0.25) is 0 Å². The first-order valence-electron chi connectivity index (χ1n) is 9.63. The summed E-state index contributed by atoms with van der Waals surface area (Å²) in [7, 11) is 3.99. The third kappa shape index (κ3) is 2.81. The maximum Gasteiger partial charge on any atom is 0.135 e. The first-order valence-corrected chi connectivity index (χ1v) is 9.63. The van der Waals surface area contributed by atoms with Gasteiger partial charge in [-0.3, -0.25) is 4.79 Å². The second-order valence-electron chi connectivity index (χ2n) is 8.84. The predicted molar refractivity (Wildman–Crippen MR) is 102 cm³/mol. The molecule has 1 fully saturated rings. The zero-order valence-electron chi connectivity index (χ0n) is 16.7. The Morgan fingerprint density at radius 3 is 2.72 bits per heavy atom. The van der Waals surface area contributed by atoms with Gasteiger partial charge in [-0.2, -0.15) is 0 Å². The molecule has 1 saturated heterocycles. The van der Waals surface area contributed by atoms with E-state index in [0.29, 0.717) is 18.2 Å². The van der Waals surface area contributed by atoms with Crippen molar-refractivity contribution in [3.63, 3.8) is 0 Å². The standard InChI is InChI=1S/C22H33NO2/c1-15(2)19(24)9-10-22(4)20-13-16-7-8-17(25-6)14-18(16)21(22,3)11-12-23(20)5/h7-8,14-15,20H,9-13H2,1-6H3/t20?,21-,22-/m1/s1. The lowest BCUT2D eigenvalue weighted by Crippen LogP contribution is -2.64. The smallest absolute Gasteiger partial charge is 0.135 e. The van der Waals surface area contributed by atoms with Crippen LogP contribution in [0.1, 0.15) is 58.1 Å². The molecule has 0 aromatic heterocycles. The molecule has 1 unspecified atom stereocenters. The molecule has 0 saturated carbocycles. The summed E-state index contributed by atoms with van der Waals surface area (Å²) in [6, 6.07) is 7.08. The highest BCUT2D eigenvalue weighted by Gasteiger charge is 2.57. The van der Waals surface area contributed by atoms with Gasteiger partial charge < -0.3 is 9.64 Å². The van der Waals surface area contributed by atoms with E-state index in [2.05, 4.69) is 44.0 Å². The SMILES string of the molecule is COc1ccc2c(c1)[C@@]1(C)CCN(C)C(C2)[C@@]1(C)CCC(=O)C(C)C. The van der Waals surface area contributed by atoms with Crippen LogP contribution in [0.5, 0.6) is 5.75 Å². The molecule has 3 nitrogen and oxygen atoms in total. The number of carbonyl (C=O) groups is 1. The van der Waals surface area contributed by atoms with Gasteiger partial charge in [-0.05, 0) is 61.5 Å². The average molecular weight is 344 g/mol. The Labute approximate surface area is 152 Å². The Kier molecular flexibility index (Phi) is 4.74. The third-order valence-corrected chi connectivity index (χ3v) is 7.35. The minimum absolute atomic E-state index is 0.0869. The highest BCUT2D eigenvalue weighted by atomic mass is 16.5.